The first-order valence-corrected chi connectivity index (χ1v) is 13.7. The van der Waals surface area contributed by atoms with Gasteiger partial charge in [0, 0.05) is 24.4 Å². The maximum atomic E-state index is 13.5. The van der Waals surface area contributed by atoms with E-state index in [4.69, 9.17) is 9.47 Å². The average Bonchev–Trinajstić information content (AvgIpc) is 3.39. The SMILES string of the molecule is CCCCCCC(=O)N(CCCC)CC(=O)N(CCc1ccc(OC)c(OC)c1)Cc1cccs1. The van der Waals surface area contributed by atoms with E-state index in [0.717, 1.165) is 49.0 Å². The summed E-state index contributed by atoms with van der Waals surface area (Å²) >= 11 is 1.65. The summed E-state index contributed by atoms with van der Waals surface area (Å²) in [5, 5.41) is 2.03. The first-order chi connectivity index (χ1) is 17.0. The molecule has 2 amide bonds. The fourth-order valence-corrected chi connectivity index (χ4v) is 4.67. The van der Waals surface area contributed by atoms with Crippen molar-refractivity contribution in [2.75, 3.05) is 33.9 Å². The smallest absolute Gasteiger partial charge is 0.242 e. The van der Waals surface area contributed by atoms with E-state index >= 15 is 0 Å². The lowest BCUT2D eigenvalue weighted by Gasteiger charge is -2.28. The zero-order chi connectivity index (χ0) is 25.5. The van der Waals surface area contributed by atoms with E-state index in [-0.39, 0.29) is 18.4 Å². The molecule has 0 atom stereocenters. The molecule has 0 spiro atoms. The number of unbranched alkanes of at least 4 members (excludes halogenated alkanes) is 4. The summed E-state index contributed by atoms with van der Waals surface area (Å²) in [5.41, 5.74) is 1.07. The molecule has 0 fully saturated rings. The topological polar surface area (TPSA) is 59.1 Å². The number of benzene rings is 1. The summed E-state index contributed by atoms with van der Waals surface area (Å²) in [6, 6.07) is 9.91. The molecule has 6 nitrogen and oxygen atoms in total. The van der Waals surface area contributed by atoms with Gasteiger partial charge in [-0.2, -0.15) is 0 Å². The molecule has 194 valence electrons. The minimum absolute atomic E-state index is 0.00288. The third kappa shape index (κ3) is 9.92. The summed E-state index contributed by atoms with van der Waals surface area (Å²) in [6.45, 7) is 6.17. The number of carbonyl (C=O) groups excluding carboxylic acids is 2. The Balaban J connectivity index is 2.09. The number of amides is 2. The van der Waals surface area contributed by atoms with Crippen molar-refractivity contribution >= 4 is 23.2 Å². The second kappa shape index (κ2) is 16.2. The quantitative estimate of drug-likeness (QED) is 0.251. The molecule has 1 aromatic carbocycles. The molecule has 0 aliphatic rings. The van der Waals surface area contributed by atoms with Crippen LogP contribution in [0.2, 0.25) is 0 Å². The second-order valence-corrected chi connectivity index (χ2v) is 9.85. The van der Waals surface area contributed by atoms with Crippen LogP contribution in [0, 0.1) is 0 Å². The molecule has 0 aliphatic heterocycles. The number of nitrogens with zero attached hydrogens (tertiary/aromatic N) is 2. The molecular formula is C28H42N2O4S. The second-order valence-electron chi connectivity index (χ2n) is 8.81. The van der Waals surface area contributed by atoms with Gasteiger partial charge in [0.1, 0.15) is 0 Å². The molecular weight excluding hydrogens is 460 g/mol. The van der Waals surface area contributed by atoms with Gasteiger partial charge < -0.3 is 19.3 Å². The van der Waals surface area contributed by atoms with Crippen molar-refractivity contribution < 1.29 is 19.1 Å². The maximum absolute atomic E-state index is 13.5. The van der Waals surface area contributed by atoms with Crippen LogP contribution in [0.3, 0.4) is 0 Å². The Hall–Kier alpha value is -2.54. The molecule has 2 rings (SSSR count). The molecule has 1 aromatic heterocycles. The Labute approximate surface area is 215 Å². The first-order valence-electron chi connectivity index (χ1n) is 12.8. The van der Waals surface area contributed by atoms with Gasteiger partial charge in [-0.05, 0) is 48.4 Å². The van der Waals surface area contributed by atoms with Crippen molar-refractivity contribution in [3.8, 4) is 11.5 Å². The Morgan fingerprint density at radius 1 is 0.857 bits per heavy atom. The van der Waals surface area contributed by atoms with Gasteiger partial charge in [-0.3, -0.25) is 9.59 Å². The van der Waals surface area contributed by atoms with Gasteiger partial charge in [0.15, 0.2) is 11.5 Å². The summed E-state index contributed by atoms with van der Waals surface area (Å²) in [6.07, 6.45) is 7.35. The highest BCUT2D eigenvalue weighted by Gasteiger charge is 2.21. The number of hydrogen-bond acceptors (Lipinski definition) is 5. The predicted molar refractivity (Wildman–Crippen MR) is 143 cm³/mol. The lowest BCUT2D eigenvalue weighted by Crippen LogP contribution is -2.43. The van der Waals surface area contributed by atoms with E-state index < -0.39 is 0 Å². The van der Waals surface area contributed by atoms with Gasteiger partial charge >= 0.3 is 0 Å². The van der Waals surface area contributed by atoms with Crippen LogP contribution in [0.25, 0.3) is 0 Å². The van der Waals surface area contributed by atoms with Crippen molar-refractivity contribution in [3.63, 3.8) is 0 Å². The zero-order valence-corrected chi connectivity index (χ0v) is 22.7. The lowest BCUT2D eigenvalue weighted by molar-refractivity contribution is -0.141. The van der Waals surface area contributed by atoms with Gasteiger partial charge in [0.2, 0.25) is 11.8 Å². The number of thiophene rings is 1. The molecule has 0 saturated carbocycles. The van der Waals surface area contributed by atoms with E-state index in [2.05, 4.69) is 19.9 Å². The number of rotatable bonds is 17. The fourth-order valence-electron chi connectivity index (χ4n) is 3.95. The number of ether oxygens (including phenoxy) is 2. The molecule has 2 aromatic rings. The minimum atomic E-state index is -0.00288. The maximum Gasteiger partial charge on any atom is 0.242 e. The molecule has 1 heterocycles. The molecule has 0 unspecified atom stereocenters. The predicted octanol–water partition coefficient (Wildman–Crippen LogP) is 5.94. The van der Waals surface area contributed by atoms with Crippen molar-refractivity contribution in [1.82, 2.24) is 9.80 Å². The van der Waals surface area contributed by atoms with Gasteiger partial charge in [0.25, 0.3) is 0 Å². The molecule has 0 saturated heterocycles. The number of methoxy groups -OCH3 is 2. The van der Waals surface area contributed by atoms with Crippen LogP contribution in [0.4, 0.5) is 0 Å². The average molecular weight is 503 g/mol. The van der Waals surface area contributed by atoms with Gasteiger partial charge in [-0.15, -0.1) is 11.3 Å². The van der Waals surface area contributed by atoms with E-state index in [0.29, 0.717) is 44.0 Å². The highest BCUT2D eigenvalue weighted by atomic mass is 32.1. The lowest BCUT2D eigenvalue weighted by atomic mass is 10.1. The molecule has 35 heavy (non-hydrogen) atoms. The van der Waals surface area contributed by atoms with Crippen molar-refractivity contribution in [1.29, 1.82) is 0 Å². The monoisotopic (exact) mass is 502 g/mol. The summed E-state index contributed by atoms with van der Waals surface area (Å²) in [7, 11) is 3.24. The molecule has 0 radical (unpaired) electrons. The Bertz CT molecular complexity index is 885. The van der Waals surface area contributed by atoms with Crippen LogP contribution < -0.4 is 9.47 Å². The number of hydrogen-bond donors (Lipinski definition) is 0. The van der Waals surface area contributed by atoms with Crippen LogP contribution in [-0.4, -0.2) is 55.5 Å². The third-order valence-electron chi connectivity index (χ3n) is 6.10. The van der Waals surface area contributed by atoms with Crippen LogP contribution >= 0.6 is 11.3 Å². The summed E-state index contributed by atoms with van der Waals surface area (Å²) in [4.78, 5) is 31.2. The van der Waals surface area contributed by atoms with Gasteiger partial charge in [0.05, 0.1) is 27.3 Å². The van der Waals surface area contributed by atoms with E-state index in [1.165, 1.54) is 0 Å². The van der Waals surface area contributed by atoms with E-state index in [9.17, 15) is 9.59 Å². The van der Waals surface area contributed by atoms with Gasteiger partial charge in [-0.1, -0.05) is 51.7 Å². The highest BCUT2D eigenvalue weighted by Crippen LogP contribution is 2.28. The van der Waals surface area contributed by atoms with E-state index in [1.807, 2.05) is 34.5 Å². The fraction of sp³-hybridized carbons (Fsp3) is 0.571. The van der Waals surface area contributed by atoms with Crippen molar-refractivity contribution in [3.05, 3.63) is 46.2 Å². The summed E-state index contributed by atoms with van der Waals surface area (Å²) < 4.78 is 10.8. The van der Waals surface area contributed by atoms with Crippen LogP contribution in [0.5, 0.6) is 11.5 Å². The van der Waals surface area contributed by atoms with Crippen LogP contribution in [-0.2, 0) is 22.6 Å². The Morgan fingerprint density at radius 2 is 1.63 bits per heavy atom. The van der Waals surface area contributed by atoms with Crippen molar-refractivity contribution in [2.45, 2.75) is 71.8 Å². The Kier molecular flexibility index (Phi) is 13.3. The van der Waals surface area contributed by atoms with Crippen LogP contribution in [0.15, 0.2) is 35.7 Å². The molecule has 0 aliphatic carbocycles. The zero-order valence-electron chi connectivity index (χ0n) is 21.9. The third-order valence-corrected chi connectivity index (χ3v) is 6.96. The molecule has 7 heteroatoms. The number of carbonyl (C=O) groups is 2. The highest BCUT2D eigenvalue weighted by molar-refractivity contribution is 7.09. The van der Waals surface area contributed by atoms with Crippen molar-refractivity contribution in [2.24, 2.45) is 0 Å². The van der Waals surface area contributed by atoms with Crippen LogP contribution in [0.1, 0.15) is 69.2 Å². The minimum Gasteiger partial charge on any atom is -0.493 e. The largest absolute Gasteiger partial charge is 0.493 e. The Morgan fingerprint density at radius 3 is 2.29 bits per heavy atom. The van der Waals surface area contributed by atoms with Gasteiger partial charge in [-0.25, -0.2) is 0 Å². The summed E-state index contributed by atoms with van der Waals surface area (Å²) in [5.74, 6) is 1.46. The molecule has 0 N–H and O–H groups in total. The molecule has 0 bridgehead atoms. The first kappa shape index (κ1) is 28.7. The standard InChI is InChI=1S/C28H42N2O4S/c1-5-7-9-10-13-27(31)29(17-8-6-2)22-28(32)30(21-24-12-11-19-35-24)18-16-23-14-15-25(33-3)26(20-23)34-4/h11-12,14-15,19-20H,5-10,13,16-18,21-22H2,1-4H3. The normalized spacial score (nSPS) is 10.7. The van der Waals surface area contributed by atoms with E-state index in [1.54, 1.807) is 30.5 Å².